The summed E-state index contributed by atoms with van der Waals surface area (Å²) in [6.07, 6.45) is 2.60. The Morgan fingerprint density at radius 1 is 1.27 bits per heavy atom. The maximum atomic E-state index is 12.5. The third kappa shape index (κ3) is 6.05. The monoisotopic (exact) mass is 382 g/mol. The molecule has 1 saturated heterocycles. The van der Waals surface area contributed by atoms with Crippen LogP contribution in [0.5, 0.6) is 5.75 Å². The zero-order valence-corrected chi connectivity index (χ0v) is 15.6. The summed E-state index contributed by atoms with van der Waals surface area (Å²) in [5.41, 5.74) is 0.956. The quantitative estimate of drug-likeness (QED) is 0.633. The molecule has 142 valence electrons. The van der Waals surface area contributed by atoms with Crippen LogP contribution in [0.15, 0.2) is 47.5 Å². The molecule has 1 aromatic heterocycles. The topological polar surface area (TPSA) is 79.7 Å². The third-order valence-corrected chi connectivity index (χ3v) is 5.00. The molecule has 1 aliphatic rings. The fourth-order valence-electron chi connectivity index (χ4n) is 2.45. The Morgan fingerprint density at radius 3 is 2.42 bits per heavy atom. The van der Waals surface area contributed by atoms with Gasteiger partial charge in [0.2, 0.25) is 5.95 Å². The van der Waals surface area contributed by atoms with E-state index in [-0.39, 0.29) is 4.90 Å². The molecule has 0 spiro atoms. The van der Waals surface area contributed by atoms with Gasteiger partial charge in [-0.1, -0.05) is 24.6 Å². The number of likely N-dealkylation sites (tertiary alicyclic amines) is 1. The lowest BCUT2D eigenvalue weighted by Crippen LogP contribution is -2.50. The van der Waals surface area contributed by atoms with Crippen LogP contribution >= 0.6 is 0 Å². The van der Waals surface area contributed by atoms with Crippen LogP contribution in [-0.2, 0) is 10.1 Å². The van der Waals surface area contributed by atoms with Gasteiger partial charge in [-0.05, 0) is 44.2 Å². The Morgan fingerprint density at radius 2 is 1.96 bits per heavy atom. The zero-order chi connectivity index (χ0) is 19.2. The summed E-state index contributed by atoms with van der Waals surface area (Å²) in [5, 5.41) is 0. The molecule has 0 amide bonds. The van der Waals surface area contributed by atoms with Gasteiger partial charge in [-0.15, -0.1) is 0 Å². The first-order valence-electron chi connectivity index (χ1n) is 8.32. The van der Waals surface area contributed by atoms with E-state index in [9.17, 15) is 12.8 Å². The van der Waals surface area contributed by atoms with Crippen molar-refractivity contribution < 1.29 is 22.1 Å². The highest BCUT2D eigenvalue weighted by Gasteiger charge is 2.26. The molecule has 0 unspecified atom stereocenters. The number of likely N-dealkylation sites (N-methyl/N-ethyl adjacent to an activating group) is 1. The Hall–Kier alpha value is -2.03. The summed E-state index contributed by atoms with van der Waals surface area (Å²) in [6.45, 7) is 6.88. The molecule has 6 nitrogen and oxygen atoms in total. The van der Waals surface area contributed by atoms with E-state index in [2.05, 4.69) is 16.8 Å². The second-order valence-electron chi connectivity index (χ2n) is 5.99. The highest BCUT2D eigenvalue weighted by Crippen LogP contribution is 2.18. The minimum absolute atomic E-state index is 0.0666. The Labute approximate surface area is 153 Å². The molecule has 0 saturated carbocycles. The van der Waals surface area contributed by atoms with Crippen molar-refractivity contribution in [3.63, 3.8) is 0 Å². The minimum Gasteiger partial charge on any atom is -0.490 e. The average molecular weight is 382 g/mol. The predicted octanol–water partition coefficient (Wildman–Crippen LogP) is 2.94. The number of hydrogen-bond acceptors (Lipinski definition) is 5. The number of aromatic nitrogens is 1. The van der Waals surface area contributed by atoms with Crippen LogP contribution in [0.3, 0.4) is 0 Å². The largest absolute Gasteiger partial charge is 0.490 e. The number of nitrogens with zero attached hydrogens (tertiary/aromatic N) is 2. The van der Waals surface area contributed by atoms with Crippen molar-refractivity contribution in [3.8, 4) is 5.75 Å². The van der Waals surface area contributed by atoms with Crippen LogP contribution in [-0.4, -0.2) is 48.6 Å². The second kappa shape index (κ2) is 9.07. The van der Waals surface area contributed by atoms with E-state index in [1.54, 1.807) is 18.2 Å². The van der Waals surface area contributed by atoms with Crippen molar-refractivity contribution in [3.05, 3.63) is 54.1 Å². The predicted molar refractivity (Wildman–Crippen MR) is 96.3 cm³/mol. The first-order valence-corrected chi connectivity index (χ1v) is 9.76. The van der Waals surface area contributed by atoms with Crippen LogP contribution in [0.4, 0.5) is 4.39 Å². The molecule has 1 aliphatic heterocycles. The van der Waals surface area contributed by atoms with Crippen molar-refractivity contribution in [2.75, 3.05) is 19.7 Å². The van der Waals surface area contributed by atoms with Gasteiger partial charge in [-0.2, -0.15) is 12.8 Å². The molecule has 3 rings (SSSR count). The molecular weight excluding hydrogens is 359 g/mol. The number of hydrogen-bond donors (Lipinski definition) is 1. The van der Waals surface area contributed by atoms with Gasteiger partial charge in [0.05, 0.1) is 11.1 Å². The summed E-state index contributed by atoms with van der Waals surface area (Å²) in [7, 11) is -4.02. The smallest absolute Gasteiger partial charge is 0.294 e. The van der Waals surface area contributed by atoms with Gasteiger partial charge >= 0.3 is 0 Å². The van der Waals surface area contributed by atoms with Gasteiger partial charge in [0, 0.05) is 12.6 Å². The van der Waals surface area contributed by atoms with Crippen molar-refractivity contribution in [2.45, 2.75) is 31.2 Å². The first-order chi connectivity index (χ1) is 12.3. The molecule has 0 radical (unpaired) electrons. The third-order valence-electron chi connectivity index (χ3n) is 4.13. The van der Waals surface area contributed by atoms with Gasteiger partial charge in [-0.3, -0.25) is 9.45 Å². The van der Waals surface area contributed by atoms with Crippen LogP contribution in [0.1, 0.15) is 18.9 Å². The van der Waals surface area contributed by atoms with Crippen LogP contribution in [0.2, 0.25) is 0 Å². The first kappa shape index (κ1) is 20.3. The van der Waals surface area contributed by atoms with E-state index in [1.165, 1.54) is 30.8 Å². The molecule has 0 bridgehead atoms. The van der Waals surface area contributed by atoms with Gasteiger partial charge < -0.3 is 4.74 Å². The van der Waals surface area contributed by atoms with Gasteiger partial charge in [0.1, 0.15) is 12.4 Å². The summed E-state index contributed by atoms with van der Waals surface area (Å²) in [6, 6.07) is 9.42. The van der Waals surface area contributed by atoms with Crippen molar-refractivity contribution in [1.29, 1.82) is 0 Å². The summed E-state index contributed by atoms with van der Waals surface area (Å²) in [4.78, 5) is 5.83. The molecule has 1 N–H and O–H groups in total. The standard InChI is InChI=1S/C11H15FN2O.C7H8O3S/c1-2-14-6-5-9(14)8-15-10-3-4-11(12)13-7-10;1-6-2-4-7(5-3-6)11(8,9)10/h3-4,7,9H,2,5-6,8H2,1H3;2-5H,1H3,(H,8,9,10)/t9-;/m1./s1. The molecular formula is C18H23FN2O4S. The lowest BCUT2D eigenvalue weighted by atomic mass is 10.1. The molecule has 2 aromatic rings. The highest BCUT2D eigenvalue weighted by atomic mass is 32.2. The summed E-state index contributed by atoms with van der Waals surface area (Å²) < 4.78 is 47.6. The highest BCUT2D eigenvalue weighted by molar-refractivity contribution is 7.85. The number of ether oxygens (including phenoxy) is 1. The van der Waals surface area contributed by atoms with E-state index >= 15 is 0 Å². The molecule has 0 aliphatic carbocycles. The molecule has 1 fully saturated rings. The average Bonchev–Trinajstić information content (AvgIpc) is 2.56. The van der Waals surface area contributed by atoms with E-state index in [0.717, 1.165) is 18.7 Å². The SMILES string of the molecule is CCN1CC[C@@H]1COc1ccc(F)nc1.Cc1ccc(S(=O)(=O)O)cc1. The lowest BCUT2D eigenvalue weighted by molar-refractivity contribution is 0.0559. The van der Waals surface area contributed by atoms with Crippen molar-refractivity contribution in [1.82, 2.24) is 9.88 Å². The van der Waals surface area contributed by atoms with E-state index in [1.807, 2.05) is 6.92 Å². The van der Waals surface area contributed by atoms with Crippen LogP contribution in [0, 0.1) is 12.9 Å². The molecule has 26 heavy (non-hydrogen) atoms. The number of halogens is 1. The van der Waals surface area contributed by atoms with Gasteiger partial charge in [-0.25, -0.2) is 4.98 Å². The lowest BCUT2D eigenvalue weighted by Gasteiger charge is -2.39. The zero-order valence-electron chi connectivity index (χ0n) is 14.8. The van der Waals surface area contributed by atoms with Crippen LogP contribution < -0.4 is 4.74 Å². The minimum atomic E-state index is -4.02. The number of aryl methyl sites for hydroxylation is 1. The van der Waals surface area contributed by atoms with E-state index < -0.39 is 16.1 Å². The fraction of sp³-hybridized carbons (Fsp3) is 0.389. The maximum Gasteiger partial charge on any atom is 0.294 e. The maximum absolute atomic E-state index is 12.5. The number of rotatable bonds is 5. The van der Waals surface area contributed by atoms with Gasteiger partial charge in [0.15, 0.2) is 0 Å². The van der Waals surface area contributed by atoms with E-state index in [4.69, 9.17) is 9.29 Å². The fourth-order valence-corrected chi connectivity index (χ4v) is 2.93. The second-order valence-corrected chi connectivity index (χ2v) is 7.41. The number of benzene rings is 1. The Bertz CT molecular complexity index is 793. The molecule has 1 atom stereocenters. The van der Waals surface area contributed by atoms with Crippen LogP contribution in [0.25, 0.3) is 0 Å². The molecule has 8 heteroatoms. The number of pyridine rings is 1. The van der Waals surface area contributed by atoms with E-state index in [0.29, 0.717) is 18.4 Å². The van der Waals surface area contributed by atoms with Crippen molar-refractivity contribution in [2.24, 2.45) is 0 Å². The van der Waals surface area contributed by atoms with Crippen molar-refractivity contribution >= 4 is 10.1 Å². The molecule has 1 aromatic carbocycles. The Kier molecular flexibility index (Phi) is 7.07. The van der Waals surface area contributed by atoms with Gasteiger partial charge in [0.25, 0.3) is 10.1 Å². The normalized spacial score (nSPS) is 17.0. The molecule has 2 heterocycles. The summed E-state index contributed by atoms with van der Waals surface area (Å²) >= 11 is 0. The Balaban J connectivity index is 0.000000197. The summed E-state index contributed by atoms with van der Waals surface area (Å²) in [5.74, 6) is 0.167.